The van der Waals surface area contributed by atoms with Gasteiger partial charge in [0.05, 0.1) is 19.8 Å². The van der Waals surface area contributed by atoms with E-state index in [9.17, 15) is 28.9 Å². The Morgan fingerprint density at radius 1 is 0.438 bits per heavy atom. The lowest BCUT2D eigenvalue weighted by molar-refractivity contribution is -0.161. The molecule has 3 unspecified atom stereocenters. The van der Waals surface area contributed by atoms with Crippen molar-refractivity contribution in [1.29, 1.82) is 0 Å². The first-order valence-corrected chi connectivity index (χ1v) is 27.4. The summed E-state index contributed by atoms with van der Waals surface area (Å²) in [6.07, 6.45) is 45.4. The summed E-state index contributed by atoms with van der Waals surface area (Å²) in [6, 6.07) is 0. The van der Waals surface area contributed by atoms with E-state index in [4.69, 9.17) is 23.3 Å². The molecule has 3 atom stereocenters. The van der Waals surface area contributed by atoms with Crippen LogP contribution in [0.15, 0.2) is 36.5 Å². The molecular formula is C52H95O11P. The fourth-order valence-corrected chi connectivity index (χ4v) is 7.82. The van der Waals surface area contributed by atoms with Gasteiger partial charge in [-0.05, 0) is 70.6 Å². The van der Waals surface area contributed by atoms with Crippen LogP contribution >= 0.6 is 7.82 Å². The van der Waals surface area contributed by atoms with Crippen molar-refractivity contribution in [3.8, 4) is 0 Å². The van der Waals surface area contributed by atoms with E-state index in [0.717, 1.165) is 103 Å². The van der Waals surface area contributed by atoms with E-state index in [2.05, 4.69) is 57.2 Å². The van der Waals surface area contributed by atoms with E-state index in [1.54, 1.807) is 0 Å². The maximum absolute atomic E-state index is 12.8. The molecule has 0 rings (SSSR count). The third kappa shape index (κ3) is 44.9. The summed E-state index contributed by atoms with van der Waals surface area (Å²) in [4.78, 5) is 48.2. The van der Waals surface area contributed by atoms with Gasteiger partial charge in [-0.15, -0.1) is 0 Å². The molecule has 0 saturated carbocycles. The molecule has 0 aliphatic carbocycles. The second kappa shape index (κ2) is 47.2. The Labute approximate surface area is 390 Å². The lowest BCUT2D eigenvalue weighted by atomic mass is 10.1. The van der Waals surface area contributed by atoms with Gasteiger partial charge in [0.1, 0.15) is 12.7 Å². The largest absolute Gasteiger partial charge is 0.472 e. The van der Waals surface area contributed by atoms with E-state index < -0.39 is 57.8 Å². The van der Waals surface area contributed by atoms with Crippen molar-refractivity contribution >= 4 is 25.7 Å². The van der Waals surface area contributed by atoms with Gasteiger partial charge in [0.25, 0.3) is 0 Å². The minimum absolute atomic E-state index is 0.157. The van der Waals surface area contributed by atoms with E-state index >= 15 is 0 Å². The molecule has 0 aliphatic rings. The van der Waals surface area contributed by atoms with Crippen LogP contribution in [0, 0.1) is 0 Å². The Hall–Kier alpha value is -2.30. The number of aliphatic hydroxyl groups is 1. The number of rotatable bonds is 48. The van der Waals surface area contributed by atoms with Gasteiger partial charge in [-0.2, -0.15) is 0 Å². The van der Waals surface area contributed by atoms with Crippen molar-refractivity contribution in [2.24, 2.45) is 0 Å². The summed E-state index contributed by atoms with van der Waals surface area (Å²) in [5.74, 6) is -1.48. The number of aliphatic hydroxyl groups excluding tert-OH is 1. The smallest absolute Gasteiger partial charge is 0.462 e. The molecule has 0 aromatic carbocycles. The lowest BCUT2D eigenvalue weighted by Crippen LogP contribution is -2.30. The van der Waals surface area contributed by atoms with E-state index in [1.165, 1.54) is 77.0 Å². The second-order valence-corrected chi connectivity index (χ2v) is 18.8. The molecule has 64 heavy (non-hydrogen) atoms. The van der Waals surface area contributed by atoms with Crippen LogP contribution in [0.5, 0.6) is 0 Å². The molecule has 2 N–H and O–H groups in total. The average Bonchev–Trinajstić information content (AvgIpc) is 3.28. The number of hydrogen-bond donors (Lipinski definition) is 2. The zero-order valence-corrected chi connectivity index (χ0v) is 41.9. The zero-order chi connectivity index (χ0) is 47.0. The second-order valence-electron chi connectivity index (χ2n) is 17.3. The van der Waals surface area contributed by atoms with Crippen molar-refractivity contribution in [2.75, 3.05) is 26.4 Å². The Morgan fingerprint density at radius 2 is 0.797 bits per heavy atom. The molecule has 12 heteroatoms. The Bertz CT molecular complexity index is 1220. The molecule has 0 saturated heterocycles. The third-order valence-electron chi connectivity index (χ3n) is 11.0. The van der Waals surface area contributed by atoms with E-state index in [1.807, 2.05) is 0 Å². The molecule has 11 nitrogen and oxygen atoms in total. The highest BCUT2D eigenvalue weighted by Crippen LogP contribution is 2.43. The van der Waals surface area contributed by atoms with Crippen LogP contribution < -0.4 is 0 Å². The molecular weight excluding hydrogens is 832 g/mol. The number of ether oxygens (including phenoxy) is 3. The summed E-state index contributed by atoms with van der Waals surface area (Å²) in [5.41, 5.74) is 0. The van der Waals surface area contributed by atoms with Gasteiger partial charge in [-0.1, -0.05) is 186 Å². The van der Waals surface area contributed by atoms with Crippen LogP contribution in [0.4, 0.5) is 0 Å². The predicted octanol–water partition coefficient (Wildman–Crippen LogP) is 14.5. The van der Waals surface area contributed by atoms with Crippen LogP contribution in [0.2, 0.25) is 0 Å². The Balaban J connectivity index is 4.76. The van der Waals surface area contributed by atoms with Gasteiger partial charge in [-0.3, -0.25) is 23.4 Å². The Kier molecular flexibility index (Phi) is 45.5. The van der Waals surface area contributed by atoms with Crippen molar-refractivity contribution in [1.82, 2.24) is 0 Å². The molecule has 0 bridgehead atoms. The first-order valence-electron chi connectivity index (χ1n) is 25.9. The van der Waals surface area contributed by atoms with Crippen LogP contribution in [-0.2, 0) is 42.2 Å². The number of carbonyl (C=O) groups excluding carboxylic acids is 3. The van der Waals surface area contributed by atoms with E-state index in [0.29, 0.717) is 19.3 Å². The molecule has 0 radical (unpaired) electrons. The van der Waals surface area contributed by atoms with Gasteiger partial charge in [0, 0.05) is 19.3 Å². The minimum Gasteiger partial charge on any atom is -0.462 e. The number of hydrogen-bond acceptors (Lipinski definition) is 10. The first kappa shape index (κ1) is 61.7. The fourth-order valence-electron chi connectivity index (χ4n) is 7.04. The van der Waals surface area contributed by atoms with Crippen LogP contribution in [-0.4, -0.2) is 66.5 Å². The standard InChI is InChI=1S/C52H95O11P/c1-4-7-10-13-16-19-22-24-27-29-32-35-38-41-50(54)59-45-49(63-52(56)43-40-37-34-31-28-25-23-20-17-14-11-8-5-2)47-61-64(57,58)60-46-48(44-53)62-51(55)42-39-36-33-30-26-21-18-15-12-9-6-3/h10,13,19-20,22-23,48-49,53H,4-9,11-12,14-18,21,24-47H2,1-3H3,(H,57,58)/b13-10-,22-19-,23-20-. The predicted molar refractivity (Wildman–Crippen MR) is 261 cm³/mol. The maximum atomic E-state index is 12.8. The fraction of sp³-hybridized carbons (Fsp3) is 0.827. The SMILES string of the molecule is CCC/C=C\C/C=C\CCCCCCCC(=O)OCC(COP(=O)(O)OCC(CO)OC(=O)CCCCCCCCCCCCC)OC(=O)CCCCCCC/C=C\CCCCCC. The summed E-state index contributed by atoms with van der Waals surface area (Å²) in [5, 5.41) is 9.75. The van der Waals surface area contributed by atoms with Gasteiger partial charge in [0.2, 0.25) is 0 Å². The van der Waals surface area contributed by atoms with Gasteiger partial charge < -0.3 is 24.2 Å². The quantitative estimate of drug-likeness (QED) is 0.0197. The normalized spacial score (nSPS) is 13.8. The van der Waals surface area contributed by atoms with E-state index in [-0.39, 0.29) is 25.9 Å². The average molecular weight is 927 g/mol. The molecule has 374 valence electrons. The summed E-state index contributed by atoms with van der Waals surface area (Å²) >= 11 is 0. The van der Waals surface area contributed by atoms with Crippen LogP contribution in [0.25, 0.3) is 0 Å². The summed E-state index contributed by atoms with van der Waals surface area (Å²) < 4.78 is 39.3. The highest BCUT2D eigenvalue weighted by molar-refractivity contribution is 7.47. The van der Waals surface area contributed by atoms with Crippen LogP contribution in [0.3, 0.4) is 0 Å². The monoisotopic (exact) mass is 927 g/mol. The van der Waals surface area contributed by atoms with Crippen molar-refractivity contribution < 1.29 is 52.2 Å². The topological polar surface area (TPSA) is 155 Å². The number of phosphoric ester groups is 1. The zero-order valence-electron chi connectivity index (χ0n) is 41.0. The van der Waals surface area contributed by atoms with Crippen molar-refractivity contribution in [2.45, 2.75) is 251 Å². The summed E-state index contributed by atoms with van der Waals surface area (Å²) in [6.45, 7) is 4.53. The lowest BCUT2D eigenvalue weighted by Gasteiger charge is -2.21. The Morgan fingerprint density at radius 3 is 1.25 bits per heavy atom. The van der Waals surface area contributed by atoms with Gasteiger partial charge in [0.15, 0.2) is 6.10 Å². The molecule has 0 aromatic rings. The van der Waals surface area contributed by atoms with Gasteiger partial charge in [-0.25, -0.2) is 4.57 Å². The number of unbranched alkanes of at least 4 members (excludes halogenated alkanes) is 25. The summed E-state index contributed by atoms with van der Waals surface area (Å²) in [7, 11) is -4.74. The molecule has 0 aliphatic heterocycles. The molecule has 0 fully saturated rings. The third-order valence-corrected chi connectivity index (χ3v) is 12.0. The maximum Gasteiger partial charge on any atom is 0.472 e. The molecule has 0 spiro atoms. The number of esters is 3. The first-order chi connectivity index (χ1) is 31.2. The molecule has 0 aromatic heterocycles. The number of carbonyl (C=O) groups is 3. The highest BCUT2D eigenvalue weighted by atomic mass is 31.2. The van der Waals surface area contributed by atoms with Gasteiger partial charge >= 0.3 is 25.7 Å². The number of phosphoric acid groups is 1. The molecule has 0 heterocycles. The number of allylic oxidation sites excluding steroid dienone is 6. The van der Waals surface area contributed by atoms with Crippen molar-refractivity contribution in [3.05, 3.63) is 36.5 Å². The van der Waals surface area contributed by atoms with Crippen LogP contribution in [0.1, 0.15) is 239 Å². The highest BCUT2D eigenvalue weighted by Gasteiger charge is 2.28. The molecule has 0 amide bonds. The van der Waals surface area contributed by atoms with Crippen molar-refractivity contribution in [3.63, 3.8) is 0 Å². The minimum atomic E-state index is -4.74.